The molecule has 1 heterocycles. The molecule has 3 rings (SSSR count). The van der Waals surface area contributed by atoms with Crippen molar-refractivity contribution < 1.29 is 24.2 Å². The fraction of sp³-hybridized carbons (Fsp3) is 0.304. The van der Waals surface area contributed by atoms with Gasteiger partial charge in [0, 0.05) is 27.7 Å². The molecule has 1 atom stereocenters. The molecule has 0 aliphatic rings. The van der Waals surface area contributed by atoms with E-state index in [0.717, 1.165) is 6.07 Å². The third-order valence-corrected chi connectivity index (χ3v) is 6.25. The molecule has 2 aromatic carbocycles. The number of hydrogen-bond donors (Lipinski definition) is 2. The van der Waals surface area contributed by atoms with Crippen molar-refractivity contribution in [1.82, 2.24) is 4.57 Å². The first kappa shape index (κ1) is 21.8. The van der Waals surface area contributed by atoms with Crippen molar-refractivity contribution in [2.24, 2.45) is 5.41 Å². The molecule has 5 nitrogen and oxygen atoms in total. The van der Waals surface area contributed by atoms with Gasteiger partial charge in [-0.3, -0.25) is 14.2 Å². The Morgan fingerprint density at radius 1 is 1.07 bits per heavy atom. The highest BCUT2D eigenvalue weighted by molar-refractivity contribution is 6.30. The van der Waals surface area contributed by atoms with Crippen molar-refractivity contribution in [2.45, 2.75) is 40.0 Å². The highest BCUT2D eigenvalue weighted by Gasteiger charge is 2.49. The maximum Gasteiger partial charge on any atom is 0.314 e. The molecule has 158 valence electrons. The Balaban J connectivity index is 2.45. The number of carbonyl (C=O) groups excluding carboxylic acids is 1. The second kappa shape index (κ2) is 7.13. The lowest BCUT2D eigenvalue weighted by atomic mass is 9.63. The Hall–Kier alpha value is -2.86. The van der Waals surface area contributed by atoms with Crippen molar-refractivity contribution >= 4 is 34.4 Å². The predicted molar refractivity (Wildman–Crippen MR) is 114 cm³/mol. The standard InChI is InChI=1S/C23H23ClFNO4/c1-12-19(23(5,21(29)30)22(2,3)4)15-10-18(27)16(25)11-17(15)26(12)20(28)13-6-8-14(24)9-7-13/h6-11,27H,1-5H3,(H,29,30)/t23-/m1/s1. The van der Waals surface area contributed by atoms with Gasteiger partial charge in [-0.1, -0.05) is 32.4 Å². The Bertz CT molecular complexity index is 1170. The first-order valence-electron chi connectivity index (χ1n) is 9.38. The summed E-state index contributed by atoms with van der Waals surface area (Å²) < 4.78 is 15.6. The van der Waals surface area contributed by atoms with Crippen LogP contribution in [-0.2, 0) is 10.2 Å². The summed E-state index contributed by atoms with van der Waals surface area (Å²) in [6.07, 6.45) is 0. The van der Waals surface area contributed by atoms with Gasteiger partial charge < -0.3 is 10.2 Å². The molecule has 0 bridgehead atoms. The van der Waals surface area contributed by atoms with E-state index >= 15 is 0 Å². The van der Waals surface area contributed by atoms with Crippen LogP contribution in [0.2, 0.25) is 5.02 Å². The summed E-state index contributed by atoms with van der Waals surface area (Å²) >= 11 is 5.92. The molecule has 0 saturated carbocycles. The van der Waals surface area contributed by atoms with Gasteiger partial charge in [0.2, 0.25) is 0 Å². The quantitative estimate of drug-likeness (QED) is 0.571. The zero-order valence-corrected chi connectivity index (χ0v) is 18.1. The van der Waals surface area contributed by atoms with Gasteiger partial charge in [-0.2, -0.15) is 0 Å². The second-order valence-electron chi connectivity index (χ2n) is 8.61. The van der Waals surface area contributed by atoms with Crippen molar-refractivity contribution in [2.75, 3.05) is 0 Å². The highest BCUT2D eigenvalue weighted by Crippen LogP contribution is 2.47. The molecule has 0 radical (unpaired) electrons. The normalized spacial score (nSPS) is 14.0. The Labute approximate surface area is 178 Å². The van der Waals surface area contributed by atoms with Gasteiger partial charge in [0.05, 0.1) is 10.9 Å². The van der Waals surface area contributed by atoms with Crippen LogP contribution in [0.3, 0.4) is 0 Å². The smallest absolute Gasteiger partial charge is 0.314 e. The number of aliphatic carboxylic acids is 1. The van der Waals surface area contributed by atoms with Crippen LogP contribution >= 0.6 is 11.6 Å². The molecule has 30 heavy (non-hydrogen) atoms. The van der Waals surface area contributed by atoms with Crippen LogP contribution < -0.4 is 0 Å². The van der Waals surface area contributed by atoms with E-state index in [1.165, 1.54) is 10.6 Å². The molecule has 7 heteroatoms. The van der Waals surface area contributed by atoms with Gasteiger partial charge in [0.25, 0.3) is 5.91 Å². The Morgan fingerprint density at radius 3 is 2.13 bits per heavy atom. The van der Waals surface area contributed by atoms with Crippen LogP contribution in [0, 0.1) is 18.2 Å². The molecule has 0 aliphatic heterocycles. The summed E-state index contributed by atoms with van der Waals surface area (Å²) in [5.41, 5.74) is -0.951. The Kier molecular flexibility index (Phi) is 5.19. The van der Waals surface area contributed by atoms with E-state index in [9.17, 15) is 24.2 Å². The van der Waals surface area contributed by atoms with Gasteiger partial charge in [-0.05, 0) is 55.2 Å². The Morgan fingerprint density at radius 2 is 1.63 bits per heavy atom. The fourth-order valence-corrected chi connectivity index (χ4v) is 3.97. The van der Waals surface area contributed by atoms with E-state index in [0.29, 0.717) is 27.2 Å². The molecular formula is C23H23ClFNO4. The second-order valence-corrected chi connectivity index (χ2v) is 9.05. The lowest BCUT2D eigenvalue weighted by molar-refractivity contribution is -0.147. The summed E-state index contributed by atoms with van der Waals surface area (Å²) in [7, 11) is 0. The topological polar surface area (TPSA) is 79.5 Å². The minimum absolute atomic E-state index is 0.189. The number of carboxylic acids is 1. The van der Waals surface area contributed by atoms with Gasteiger partial charge in [0.1, 0.15) is 0 Å². The lowest BCUT2D eigenvalue weighted by Crippen LogP contribution is -2.45. The predicted octanol–water partition coefficient (Wildman–Crippen LogP) is 5.52. The number of carboxylic acid groups (broad SMARTS) is 1. The molecule has 0 unspecified atom stereocenters. The van der Waals surface area contributed by atoms with Crippen molar-refractivity contribution in [3.63, 3.8) is 0 Å². The van der Waals surface area contributed by atoms with Gasteiger partial charge in [0.15, 0.2) is 11.6 Å². The molecule has 0 aliphatic carbocycles. The highest BCUT2D eigenvalue weighted by atomic mass is 35.5. The average Bonchev–Trinajstić information content (AvgIpc) is 2.91. The molecule has 0 amide bonds. The number of carbonyl (C=O) groups is 2. The molecule has 2 N–H and O–H groups in total. The summed E-state index contributed by atoms with van der Waals surface area (Å²) in [5, 5.41) is 21.0. The number of benzene rings is 2. The van der Waals surface area contributed by atoms with Crippen LogP contribution in [0.5, 0.6) is 5.75 Å². The first-order chi connectivity index (χ1) is 13.8. The number of phenolic OH excluding ortho intramolecular Hbond substituents is 1. The molecule has 0 fully saturated rings. The van der Waals surface area contributed by atoms with Crippen LogP contribution in [0.1, 0.15) is 49.3 Å². The van der Waals surface area contributed by atoms with Gasteiger partial charge in [-0.25, -0.2) is 4.39 Å². The summed E-state index contributed by atoms with van der Waals surface area (Å²) in [6.45, 7) is 8.57. The van der Waals surface area contributed by atoms with Crippen molar-refractivity contribution in [1.29, 1.82) is 0 Å². The largest absolute Gasteiger partial charge is 0.505 e. The monoisotopic (exact) mass is 431 g/mol. The number of rotatable bonds is 3. The van der Waals surface area contributed by atoms with Crippen LogP contribution in [0.15, 0.2) is 36.4 Å². The van der Waals surface area contributed by atoms with Crippen LogP contribution in [-0.4, -0.2) is 26.7 Å². The summed E-state index contributed by atoms with van der Waals surface area (Å²) in [6, 6.07) is 8.48. The van der Waals surface area contributed by atoms with Gasteiger partial charge >= 0.3 is 5.97 Å². The van der Waals surface area contributed by atoms with Crippen molar-refractivity contribution in [3.8, 4) is 5.75 Å². The average molecular weight is 432 g/mol. The number of aromatic nitrogens is 1. The third kappa shape index (κ3) is 3.16. The summed E-state index contributed by atoms with van der Waals surface area (Å²) in [4.78, 5) is 25.8. The number of nitrogens with zero attached hydrogens (tertiary/aromatic N) is 1. The van der Waals surface area contributed by atoms with Gasteiger partial charge in [-0.15, -0.1) is 0 Å². The lowest BCUT2D eigenvalue weighted by Gasteiger charge is -2.39. The van der Waals surface area contributed by atoms with E-state index < -0.39 is 34.3 Å². The number of phenols is 1. The molecule has 0 spiro atoms. The molecular weight excluding hydrogens is 409 g/mol. The SMILES string of the molecule is Cc1c([C@](C)(C(=O)O)C(C)(C)C)c2cc(O)c(F)cc2n1C(=O)c1ccc(Cl)cc1. The maximum absolute atomic E-state index is 14.3. The number of halogens is 2. The number of hydrogen-bond acceptors (Lipinski definition) is 3. The molecule has 1 aromatic heterocycles. The maximum atomic E-state index is 14.3. The number of aromatic hydroxyl groups is 1. The van der Waals surface area contributed by atoms with Crippen LogP contribution in [0.25, 0.3) is 10.9 Å². The van der Waals surface area contributed by atoms with E-state index in [2.05, 4.69) is 0 Å². The van der Waals surface area contributed by atoms with E-state index in [1.807, 2.05) is 0 Å². The zero-order chi connectivity index (χ0) is 22.6. The van der Waals surface area contributed by atoms with Crippen molar-refractivity contribution in [3.05, 3.63) is 64.1 Å². The van der Waals surface area contributed by atoms with E-state index in [1.54, 1.807) is 58.9 Å². The third-order valence-electron chi connectivity index (χ3n) is 5.99. The van der Waals surface area contributed by atoms with E-state index in [4.69, 9.17) is 11.6 Å². The summed E-state index contributed by atoms with van der Waals surface area (Å²) in [5.74, 6) is -3.04. The first-order valence-corrected chi connectivity index (χ1v) is 9.76. The molecule has 0 saturated heterocycles. The fourth-order valence-electron chi connectivity index (χ4n) is 3.84. The molecule has 3 aromatic rings. The van der Waals surface area contributed by atoms with E-state index in [-0.39, 0.29) is 5.52 Å². The minimum Gasteiger partial charge on any atom is -0.505 e. The van der Waals surface area contributed by atoms with Crippen LogP contribution in [0.4, 0.5) is 4.39 Å². The zero-order valence-electron chi connectivity index (χ0n) is 17.4. The number of fused-ring (bicyclic) bond motifs is 1. The minimum atomic E-state index is -1.43.